The molecule has 1 aliphatic rings. The highest BCUT2D eigenvalue weighted by Gasteiger charge is 2.23. The van der Waals surface area contributed by atoms with E-state index in [-0.39, 0.29) is 6.61 Å². The fourth-order valence-corrected chi connectivity index (χ4v) is 4.31. The number of thiophene rings is 1. The first-order chi connectivity index (χ1) is 13.5. The third kappa shape index (κ3) is 4.70. The Hall–Kier alpha value is -2.85. The van der Waals surface area contributed by atoms with Gasteiger partial charge >= 0.3 is 5.97 Å². The number of anilines is 1. The van der Waals surface area contributed by atoms with Gasteiger partial charge in [0.2, 0.25) is 0 Å². The Morgan fingerprint density at radius 1 is 1.21 bits per heavy atom. The molecule has 3 rings (SSSR count). The molecule has 0 unspecified atom stereocenters. The van der Waals surface area contributed by atoms with E-state index in [9.17, 15) is 14.9 Å². The second kappa shape index (κ2) is 8.89. The molecule has 2 aromatic rings. The Balaban J connectivity index is 1.44. The van der Waals surface area contributed by atoms with Gasteiger partial charge in [0.05, 0.1) is 5.56 Å². The maximum Gasteiger partial charge on any atom is 0.344 e. The fourth-order valence-electron chi connectivity index (χ4n) is 3.05. The first-order valence-corrected chi connectivity index (χ1v) is 10.0. The van der Waals surface area contributed by atoms with E-state index in [0.717, 1.165) is 29.7 Å². The van der Waals surface area contributed by atoms with Crippen molar-refractivity contribution in [2.24, 2.45) is 0 Å². The van der Waals surface area contributed by atoms with Crippen LogP contribution in [0.5, 0.6) is 5.75 Å². The molecule has 1 amide bonds. The van der Waals surface area contributed by atoms with Crippen molar-refractivity contribution in [2.45, 2.75) is 39.0 Å². The molecule has 146 valence electrons. The largest absolute Gasteiger partial charge is 0.482 e. The van der Waals surface area contributed by atoms with Gasteiger partial charge < -0.3 is 14.8 Å². The second-order valence-corrected chi connectivity index (χ2v) is 8.00. The van der Waals surface area contributed by atoms with Crippen LogP contribution in [0, 0.1) is 11.3 Å². The molecule has 1 aliphatic carbocycles. The molecule has 0 spiro atoms. The molecule has 0 saturated carbocycles. The number of hydrogen-bond donors (Lipinski definition) is 1. The maximum absolute atomic E-state index is 12.1. The van der Waals surface area contributed by atoms with E-state index in [2.05, 4.69) is 25.2 Å². The lowest BCUT2D eigenvalue weighted by atomic mass is 10.0. The van der Waals surface area contributed by atoms with Gasteiger partial charge in [-0.2, -0.15) is 5.26 Å². The predicted octanol–water partition coefficient (Wildman–Crippen LogP) is 3.79. The van der Waals surface area contributed by atoms with Crippen molar-refractivity contribution in [2.75, 3.05) is 18.5 Å². The molecular formula is C21H22N2O4S. The lowest BCUT2D eigenvalue weighted by Gasteiger charge is -2.09. The predicted molar refractivity (Wildman–Crippen MR) is 107 cm³/mol. The fraction of sp³-hybridized carbons (Fsp3) is 0.381. The zero-order valence-corrected chi connectivity index (χ0v) is 16.7. The first-order valence-electron chi connectivity index (χ1n) is 9.20. The lowest BCUT2D eigenvalue weighted by Crippen LogP contribution is -2.23. The number of nitrogens with zero attached hydrogens (tertiary/aromatic N) is 1. The summed E-state index contributed by atoms with van der Waals surface area (Å²) in [5, 5.41) is 12.5. The quantitative estimate of drug-likeness (QED) is 0.717. The lowest BCUT2D eigenvalue weighted by molar-refractivity contribution is -0.149. The minimum absolute atomic E-state index is 0.273. The molecule has 1 heterocycles. The molecular weight excluding hydrogens is 376 g/mol. The summed E-state index contributed by atoms with van der Waals surface area (Å²) in [4.78, 5) is 25.0. The first kappa shape index (κ1) is 19.9. The molecule has 6 nitrogen and oxygen atoms in total. The maximum atomic E-state index is 12.1. The highest BCUT2D eigenvalue weighted by Crippen LogP contribution is 2.38. The van der Waals surface area contributed by atoms with Crippen LogP contribution in [0.2, 0.25) is 0 Å². The van der Waals surface area contributed by atoms with Crippen molar-refractivity contribution in [3.63, 3.8) is 0 Å². The number of carbonyl (C=O) groups is 2. The molecule has 0 radical (unpaired) electrons. The van der Waals surface area contributed by atoms with E-state index >= 15 is 0 Å². The number of carbonyl (C=O) groups excluding carboxylic acids is 2. The van der Waals surface area contributed by atoms with Crippen LogP contribution in [0.3, 0.4) is 0 Å². The summed E-state index contributed by atoms with van der Waals surface area (Å²) in [5.74, 6) is -0.107. The van der Waals surface area contributed by atoms with Crippen molar-refractivity contribution >= 4 is 28.2 Å². The second-order valence-electron chi connectivity index (χ2n) is 6.89. The number of aryl methyl sites for hydroxylation is 1. The topological polar surface area (TPSA) is 88.4 Å². The molecule has 0 bridgehead atoms. The van der Waals surface area contributed by atoms with Crippen LogP contribution in [0.4, 0.5) is 5.00 Å². The summed E-state index contributed by atoms with van der Waals surface area (Å²) in [6, 6.07) is 9.66. The number of rotatable bonds is 7. The van der Waals surface area contributed by atoms with Crippen molar-refractivity contribution in [3.05, 3.63) is 45.8 Å². The van der Waals surface area contributed by atoms with Crippen LogP contribution in [0.15, 0.2) is 24.3 Å². The Labute approximate surface area is 168 Å². The van der Waals surface area contributed by atoms with E-state index in [1.54, 1.807) is 12.1 Å². The number of benzene rings is 1. The van der Waals surface area contributed by atoms with Crippen molar-refractivity contribution in [1.82, 2.24) is 0 Å². The molecule has 28 heavy (non-hydrogen) atoms. The van der Waals surface area contributed by atoms with Gasteiger partial charge in [0, 0.05) is 4.88 Å². The minimum Gasteiger partial charge on any atom is -0.482 e. The monoisotopic (exact) mass is 398 g/mol. The molecule has 0 saturated heterocycles. The van der Waals surface area contributed by atoms with Crippen LogP contribution in [0.1, 0.15) is 47.8 Å². The molecule has 0 atom stereocenters. The molecule has 0 aliphatic heterocycles. The SMILES string of the molecule is CC(C)c1ccc(OCC(=O)OCC(=O)Nc2sc3c(c2C#N)CCC3)cc1. The number of fused-ring (bicyclic) bond motifs is 1. The number of nitrogens with one attached hydrogen (secondary N) is 1. The van der Waals surface area contributed by atoms with Gasteiger partial charge in [-0.15, -0.1) is 11.3 Å². The smallest absolute Gasteiger partial charge is 0.344 e. The number of ether oxygens (including phenoxy) is 2. The zero-order valence-electron chi connectivity index (χ0n) is 15.9. The van der Waals surface area contributed by atoms with Crippen molar-refractivity contribution < 1.29 is 19.1 Å². The summed E-state index contributed by atoms with van der Waals surface area (Å²) < 4.78 is 10.3. The minimum atomic E-state index is -0.628. The highest BCUT2D eigenvalue weighted by molar-refractivity contribution is 7.16. The Morgan fingerprint density at radius 2 is 1.96 bits per heavy atom. The van der Waals surface area contributed by atoms with E-state index in [1.165, 1.54) is 16.9 Å². The van der Waals surface area contributed by atoms with Crippen LogP contribution in [-0.4, -0.2) is 25.1 Å². The van der Waals surface area contributed by atoms with Gasteiger partial charge in [-0.3, -0.25) is 4.79 Å². The summed E-state index contributed by atoms with van der Waals surface area (Å²) in [6.07, 6.45) is 2.85. The summed E-state index contributed by atoms with van der Waals surface area (Å²) in [6.45, 7) is 3.51. The Morgan fingerprint density at radius 3 is 2.64 bits per heavy atom. The van der Waals surface area contributed by atoms with E-state index < -0.39 is 18.5 Å². The summed E-state index contributed by atoms with van der Waals surface area (Å²) in [5.41, 5.74) is 2.75. The Bertz CT molecular complexity index is 910. The van der Waals surface area contributed by atoms with Crippen LogP contribution in [-0.2, 0) is 27.2 Å². The van der Waals surface area contributed by atoms with E-state index in [1.807, 2.05) is 12.1 Å². The third-order valence-corrected chi connectivity index (χ3v) is 5.76. The molecule has 1 aromatic heterocycles. The van der Waals surface area contributed by atoms with Crippen LogP contribution < -0.4 is 10.1 Å². The zero-order chi connectivity index (χ0) is 20.1. The van der Waals surface area contributed by atoms with Crippen molar-refractivity contribution in [1.29, 1.82) is 5.26 Å². The van der Waals surface area contributed by atoms with Gasteiger partial charge in [-0.25, -0.2) is 4.79 Å². The highest BCUT2D eigenvalue weighted by atomic mass is 32.1. The van der Waals surface area contributed by atoms with Gasteiger partial charge in [0.15, 0.2) is 13.2 Å². The standard InChI is InChI=1S/C21H22N2O4S/c1-13(2)14-6-8-15(9-7-14)26-12-20(25)27-11-19(24)23-21-17(10-22)16-4-3-5-18(16)28-21/h6-9,13H,3-5,11-12H2,1-2H3,(H,23,24). The van der Waals surface area contributed by atoms with Crippen LogP contribution >= 0.6 is 11.3 Å². The molecule has 7 heteroatoms. The number of amides is 1. The molecule has 1 N–H and O–H groups in total. The molecule has 1 aromatic carbocycles. The van der Waals surface area contributed by atoms with Crippen LogP contribution in [0.25, 0.3) is 0 Å². The van der Waals surface area contributed by atoms with E-state index in [4.69, 9.17) is 9.47 Å². The van der Waals surface area contributed by atoms with Crippen molar-refractivity contribution in [3.8, 4) is 11.8 Å². The van der Waals surface area contributed by atoms with Gasteiger partial charge in [-0.05, 0) is 48.4 Å². The number of hydrogen-bond acceptors (Lipinski definition) is 6. The Kier molecular flexibility index (Phi) is 6.32. The third-order valence-electron chi connectivity index (χ3n) is 4.55. The molecule has 0 fully saturated rings. The van der Waals surface area contributed by atoms with E-state index in [0.29, 0.717) is 22.2 Å². The number of esters is 1. The van der Waals surface area contributed by atoms with Gasteiger partial charge in [0.1, 0.15) is 16.8 Å². The average molecular weight is 398 g/mol. The summed E-state index contributed by atoms with van der Waals surface area (Å²) in [7, 11) is 0. The summed E-state index contributed by atoms with van der Waals surface area (Å²) >= 11 is 1.43. The number of nitriles is 1. The normalized spacial score (nSPS) is 12.4. The van der Waals surface area contributed by atoms with Gasteiger partial charge in [-0.1, -0.05) is 26.0 Å². The van der Waals surface area contributed by atoms with Gasteiger partial charge in [0.25, 0.3) is 5.91 Å². The average Bonchev–Trinajstić information content (AvgIpc) is 3.25.